The zero-order valence-corrected chi connectivity index (χ0v) is 17.0. The Morgan fingerprint density at radius 1 is 0.964 bits per heavy atom. The minimum Gasteiger partial charge on any atom is -0.378 e. The molecule has 0 saturated carbocycles. The van der Waals surface area contributed by atoms with Gasteiger partial charge in [-0.25, -0.2) is 9.97 Å². The van der Waals surface area contributed by atoms with Crippen molar-refractivity contribution in [1.29, 1.82) is 0 Å². The summed E-state index contributed by atoms with van der Waals surface area (Å²) >= 11 is 6.17. The topological polar surface area (TPSA) is 70.2 Å². The van der Waals surface area contributed by atoms with Crippen molar-refractivity contribution in [2.75, 3.05) is 29.6 Å². The second kappa shape index (κ2) is 8.27. The van der Waals surface area contributed by atoms with E-state index < -0.39 is 0 Å². The maximum atomic E-state index is 12.6. The highest BCUT2D eigenvalue weighted by atomic mass is 35.5. The van der Waals surface area contributed by atoms with Crippen molar-refractivity contribution in [2.45, 2.75) is 13.8 Å². The van der Waals surface area contributed by atoms with Crippen LogP contribution in [0, 0.1) is 13.8 Å². The third kappa shape index (κ3) is 4.78. The molecule has 7 heteroatoms. The van der Waals surface area contributed by atoms with E-state index >= 15 is 0 Å². The van der Waals surface area contributed by atoms with Crippen LogP contribution in [0.15, 0.2) is 48.5 Å². The number of anilines is 4. The molecule has 0 spiro atoms. The quantitative estimate of drug-likeness (QED) is 0.648. The molecule has 3 rings (SSSR count). The lowest BCUT2D eigenvalue weighted by Gasteiger charge is -2.13. The predicted octanol–water partition coefficient (Wildman–Crippen LogP) is 4.81. The van der Waals surface area contributed by atoms with E-state index in [9.17, 15) is 4.79 Å². The number of hydrogen-bond donors (Lipinski definition) is 2. The number of rotatable bonds is 5. The smallest absolute Gasteiger partial charge is 0.274 e. The standard InChI is InChI=1S/C21H22ClN5O/c1-13-5-6-16(11-18(13)22)25-20-12-19(23-14(2)24-20)21(28)26-15-7-9-17(10-8-15)27(3)4/h5-12H,1-4H3,(H,26,28)(H,23,24,25). The molecule has 1 amide bonds. The van der Waals surface area contributed by atoms with Crippen LogP contribution in [0.5, 0.6) is 0 Å². The number of benzene rings is 2. The molecule has 0 fully saturated rings. The largest absolute Gasteiger partial charge is 0.378 e. The number of carbonyl (C=O) groups is 1. The van der Waals surface area contributed by atoms with E-state index in [-0.39, 0.29) is 11.6 Å². The summed E-state index contributed by atoms with van der Waals surface area (Å²) in [5.41, 5.74) is 3.82. The lowest BCUT2D eigenvalue weighted by molar-refractivity contribution is 0.102. The SMILES string of the molecule is Cc1nc(Nc2ccc(C)c(Cl)c2)cc(C(=O)Nc2ccc(N(C)C)cc2)n1. The molecule has 144 valence electrons. The van der Waals surface area contributed by atoms with E-state index in [0.29, 0.717) is 22.4 Å². The molecular formula is C21H22ClN5O. The predicted molar refractivity (Wildman–Crippen MR) is 115 cm³/mol. The van der Waals surface area contributed by atoms with Crippen molar-refractivity contribution < 1.29 is 4.79 Å². The number of hydrogen-bond acceptors (Lipinski definition) is 5. The average molecular weight is 396 g/mol. The molecule has 0 unspecified atom stereocenters. The minimum absolute atomic E-state index is 0.282. The Bertz CT molecular complexity index is 1000. The Morgan fingerprint density at radius 3 is 2.29 bits per heavy atom. The number of halogens is 1. The monoisotopic (exact) mass is 395 g/mol. The van der Waals surface area contributed by atoms with Crippen LogP contribution >= 0.6 is 11.6 Å². The van der Waals surface area contributed by atoms with E-state index in [4.69, 9.17) is 11.6 Å². The van der Waals surface area contributed by atoms with Crippen molar-refractivity contribution in [1.82, 2.24) is 9.97 Å². The summed E-state index contributed by atoms with van der Waals surface area (Å²) in [6, 6.07) is 14.9. The fourth-order valence-corrected chi connectivity index (χ4v) is 2.79. The number of nitrogens with zero attached hydrogens (tertiary/aromatic N) is 3. The van der Waals surface area contributed by atoms with Crippen LogP contribution in [-0.2, 0) is 0 Å². The van der Waals surface area contributed by atoms with Gasteiger partial charge in [0.25, 0.3) is 5.91 Å². The van der Waals surface area contributed by atoms with Crippen molar-refractivity contribution in [3.05, 3.63) is 70.6 Å². The maximum Gasteiger partial charge on any atom is 0.274 e. The number of nitrogens with one attached hydrogen (secondary N) is 2. The molecule has 0 aliphatic carbocycles. The summed E-state index contributed by atoms with van der Waals surface area (Å²) in [5.74, 6) is 0.727. The van der Waals surface area contributed by atoms with Gasteiger partial charge in [0.1, 0.15) is 17.3 Å². The molecular weight excluding hydrogens is 374 g/mol. The molecule has 2 aromatic carbocycles. The molecule has 0 atom stereocenters. The Kier molecular flexibility index (Phi) is 5.80. The molecule has 2 N–H and O–H groups in total. The highest BCUT2D eigenvalue weighted by Crippen LogP contribution is 2.23. The number of aryl methyl sites for hydroxylation is 2. The molecule has 6 nitrogen and oxygen atoms in total. The Balaban J connectivity index is 1.78. The molecule has 0 radical (unpaired) electrons. The molecule has 0 bridgehead atoms. The zero-order valence-electron chi connectivity index (χ0n) is 16.2. The van der Waals surface area contributed by atoms with Gasteiger partial charge < -0.3 is 15.5 Å². The van der Waals surface area contributed by atoms with Crippen LogP contribution in [0.25, 0.3) is 0 Å². The van der Waals surface area contributed by atoms with Crippen molar-refractivity contribution in [2.24, 2.45) is 0 Å². The van der Waals surface area contributed by atoms with Crippen molar-refractivity contribution >= 4 is 40.4 Å². The molecule has 1 heterocycles. The number of carbonyl (C=O) groups excluding carboxylic acids is 1. The first-order valence-electron chi connectivity index (χ1n) is 8.79. The van der Waals surface area contributed by atoms with Crippen molar-refractivity contribution in [3.8, 4) is 0 Å². The summed E-state index contributed by atoms with van der Waals surface area (Å²) in [5, 5.41) is 6.70. The molecule has 1 aromatic heterocycles. The lowest BCUT2D eigenvalue weighted by atomic mass is 10.2. The van der Waals surface area contributed by atoms with Gasteiger partial charge in [0.15, 0.2) is 0 Å². The first-order chi connectivity index (χ1) is 13.3. The number of aromatic nitrogens is 2. The van der Waals surface area contributed by atoms with Crippen LogP contribution in [-0.4, -0.2) is 30.0 Å². The number of amides is 1. The summed E-state index contributed by atoms with van der Waals surface area (Å²) in [7, 11) is 3.93. The van der Waals surface area contributed by atoms with Gasteiger partial charge in [-0.15, -0.1) is 0 Å². The summed E-state index contributed by atoms with van der Waals surface area (Å²) < 4.78 is 0. The van der Waals surface area contributed by atoms with E-state index in [1.807, 2.05) is 68.4 Å². The lowest BCUT2D eigenvalue weighted by Crippen LogP contribution is -2.15. The second-order valence-electron chi connectivity index (χ2n) is 6.67. The normalized spacial score (nSPS) is 10.5. The molecule has 0 aliphatic rings. The van der Waals surface area contributed by atoms with E-state index in [1.165, 1.54) is 0 Å². The van der Waals surface area contributed by atoms with Gasteiger partial charge in [0, 0.05) is 42.2 Å². The van der Waals surface area contributed by atoms with Crippen LogP contribution in [0.4, 0.5) is 22.9 Å². The third-order valence-electron chi connectivity index (χ3n) is 4.16. The summed E-state index contributed by atoms with van der Waals surface area (Å²) in [6.45, 7) is 3.68. The highest BCUT2D eigenvalue weighted by molar-refractivity contribution is 6.31. The fraction of sp³-hybridized carbons (Fsp3) is 0.190. The Morgan fingerprint density at radius 2 is 1.64 bits per heavy atom. The summed E-state index contributed by atoms with van der Waals surface area (Å²) in [4.78, 5) is 23.2. The molecule has 3 aromatic rings. The molecule has 0 aliphatic heterocycles. The highest BCUT2D eigenvalue weighted by Gasteiger charge is 2.12. The van der Waals surface area contributed by atoms with Gasteiger partial charge in [-0.05, 0) is 55.8 Å². The van der Waals surface area contributed by atoms with E-state index in [2.05, 4.69) is 20.6 Å². The van der Waals surface area contributed by atoms with Crippen LogP contribution in [0.3, 0.4) is 0 Å². The second-order valence-corrected chi connectivity index (χ2v) is 7.08. The van der Waals surface area contributed by atoms with E-state index in [1.54, 1.807) is 13.0 Å². The molecule has 0 saturated heterocycles. The van der Waals surface area contributed by atoms with Gasteiger partial charge in [0.05, 0.1) is 0 Å². The molecule has 28 heavy (non-hydrogen) atoms. The average Bonchev–Trinajstić information content (AvgIpc) is 2.64. The van der Waals surface area contributed by atoms with Crippen molar-refractivity contribution in [3.63, 3.8) is 0 Å². The minimum atomic E-state index is -0.298. The van der Waals surface area contributed by atoms with Gasteiger partial charge in [0.2, 0.25) is 0 Å². The third-order valence-corrected chi connectivity index (χ3v) is 4.56. The Hall–Kier alpha value is -3.12. The first kappa shape index (κ1) is 19.6. The van der Waals surface area contributed by atoms with Gasteiger partial charge >= 0.3 is 0 Å². The maximum absolute atomic E-state index is 12.6. The van der Waals surface area contributed by atoms with Crippen LogP contribution in [0.2, 0.25) is 5.02 Å². The van der Waals surface area contributed by atoms with Crippen LogP contribution in [0.1, 0.15) is 21.9 Å². The zero-order chi connectivity index (χ0) is 20.3. The summed E-state index contributed by atoms with van der Waals surface area (Å²) in [6.07, 6.45) is 0. The van der Waals surface area contributed by atoms with Gasteiger partial charge in [-0.2, -0.15) is 0 Å². The fourth-order valence-electron chi connectivity index (χ4n) is 2.60. The van der Waals surface area contributed by atoms with Gasteiger partial charge in [-0.3, -0.25) is 4.79 Å². The first-order valence-corrected chi connectivity index (χ1v) is 9.17. The van der Waals surface area contributed by atoms with Crippen LogP contribution < -0.4 is 15.5 Å². The Labute approximate surface area is 169 Å². The van der Waals surface area contributed by atoms with Gasteiger partial charge in [-0.1, -0.05) is 17.7 Å². The van der Waals surface area contributed by atoms with E-state index in [0.717, 1.165) is 16.9 Å².